The van der Waals surface area contributed by atoms with Crippen molar-refractivity contribution in [3.8, 4) is 0 Å². The Kier molecular flexibility index (Phi) is 5.39. The van der Waals surface area contributed by atoms with Crippen molar-refractivity contribution in [2.45, 2.75) is 17.3 Å². The van der Waals surface area contributed by atoms with Gasteiger partial charge in [-0.2, -0.15) is 0 Å². The quantitative estimate of drug-likeness (QED) is 0.593. The molecular weight excluding hydrogens is 379 g/mol. The first-order valence-electron chi connectivity index (χ1n) is 3.02. The van der Waals surface area contributed by atoms with E-state index in [-0.39, 0.29) is 5.41 Å². The molecule has 0 fully saturated rings. The van der Waals surface area contributed by atoms with Crippen molar-refractivity contribution in [1.29, 1.82) is 0 Å². The summed E-state index contributed by atoms with van der Waals surface area (Å²) in [5.74, 6) is 0. The van der Waals surface area contributed by atoms with Crippen molar-refractivity contribution in [2.75, 3.05) is 5.33 Å². The second kappa shape index (κ2) is 4.80. The minimum absolute atomic E-state index is 0.347. The highest BCUT2D eigenvalue weighted by Crippen LogP contribution is 2.50. The van der Waals surface area contributed by atoms with E-state index in [9.17, 15) is 4.57 Å². The maximum absolute atomic E-state index is 10.4. The number of rotatable bonds is 4. The Morgan fingerprint density at radius 2 is 1.92 bits per heavy atom. The lowest BCUT2D eigenvalue weighted by Gasteiger charge is -2.30. The summed E-state index contributed by atoms with van der Waals surface area (Å²) in [6.45, 7) is 3.76. The third-order valence-electron chi connectivity index (χ3n) is 1.31. The third-order valence-corrected chi connectivity index (χ3v) is 6.12. The van der Waals surface area contributed by atoms with Crippen LogP contribution in [0.4, 0.5) is 0 Å². The monoisotopic (exact) mass is 385 g/mol. The SMILES string of the molecule is CC(C)(CBr)C(Br)(Br)O[P+](=O)O. The largest absolute Gasteiger partial charge is 0.697 e. The summed E-state index contributed by atoms with van der Waals surface area (Å²) in [6, 6.07) is 0. The number of alkyl halides is 3. The van der Waals surface area contributed by atoms with Crippen LogP contribution in [0.5, 0.6) is 0 Å². The summed E-state index contributed by atoms with van der Waals surface area (Å²) in [6.07, 6.45) is 0. The van der Waals surface area contributed by atoms with Crippen LogP contribution in [0.3, 0.4) is 0 Å². The van der Waals surface area contributed by atoms with E-state index in [1.807, 2.05) is 13.8 Å². The van der Waals surface area contributed by atoms with Crippen LogP contribution in [0, 0.1) is 5.41 Å². The molecule has 7 heteroatoms. The van der Waals surface area contributed by atoms with Crippen LogP contribution in [0.15, 0.2) is 0 Å². The summed E-state index contributed by atoms with van der Waals surface area (Å²) >= 11 is 9.65. The molecule has 0 heterocycles. The van der Waals surface area contributed by atoms with E-state index in [1.165, 1.54) is 0 Å². The van der Waals surface area contributed by atoms with Gasteiger partial charge in [0.2, 0.25) is 3.42 Å². The molecule has 0 aromatic rings. The first kappa shape index (κ1) is 13.5. The molecule has 0 aromatic heterocycles. The average Bonchev–Trinajstić information content (AvgIpc) is 1.84. The molecule has 1 atom stereocenters. The molecular formula is C5H9Br3O3P+. The maximum Gasteiger partial charge on any atom is 0.697 e. The van der Waals surface area contributed by atoms with Crippen LogP contribution in [0.2, 0.25) is 0 Å². The van der Waals surface area contributed by atoms with Crippen LogP contribution >= 0.6 is 56.0 Å². The summed E-state index contributed by atoms with van der Waals surface area (Å²) < 4.78 is 14.2. The van der Waals surface area contributed by atoms with E-state index >= 15 is 0 Å². The second-order valence-electron chi connectivity index (χ2n) is 2.86. The van der Waals surface area contributed by atoms with Crippen molar-refractivity contribution >= 4 is 56.0 Å². The van der Waals surface area contributed by atoms with Crippen molar-refractivity contribution in [3.63, 3.8) is 0 Å². The van der Waals surface area contributed by atoms with Gasteiger partial charge in [-0.25, -0.2) is 0 Å². The fraction of sp³-hybridized carbons (Fsp3) is 1.00. The molecule has 3 nitrogen and oxygen atoms in total. The van der Waals surface area contributed by atoms with E-state index in [0.29, 0.717) is 5.33 Å². The van der Waals surface area contributed by atoms with Crippen LogP contribution in [0.25, 0.3) is 0 Å². The molecule has 0 spiro atoms. The lowest BCUT2D eigenvalue weighted by Crippen LogP contribution is -2.35. The molecule has 0 aromatic carbocycles. The van der Waals surface area contributed by atoms with Gasteiger partial charge in [-0.05, 0) is 31.9 Å². The van der Waals surface area contributed by atoms with Gasteiger partial charge in [-0.1, -0.05) is 34.3 Å². The predicted molar refractivity (Wildman–Crippen MR) is 59.1 cm³/mol. The normalized spacial score (nSPS) is 14.7. The Hall–Kier alpha value is 1.46. The van der Waals surface area contributed by atoms with Gasteiger partial charge in [-0.3, -0.25) is 0 Å². The first-order chi connectivity index (χ1) is 5.23. The fourth-order valence-corrected chi connectivity index (χ4v) is 2.91. The number of hydrogen-bond donors (Lipinski definition) is 1. The maximum atomic E-state index is 10.4. The van der Waals surface area contributed by atoms with Crippen LogP contribution in [-0.2, 0) is 9.09 Å². The Balaban J connectivity index is 4.48. The highest BCUT2D eigenvalue weighted by molar-refractivity contribution is 9.25. The molecule has 0 saturated heterocycles. The molecule has 72 valence electrons. The standard InChI is InChI=1S/C5H8Br3O3P/c1-4(2,3-6)5(7,8)11-12(9)10/h3H2,1-2H3/p+1. The highest BCUT2D eigenvalue weighted by atomic mass is 79.9. The summed E-state index contributed by atoms with van der Waals surface area (Å²) in [7, 11) is -2.62. The predicted octanol–water partition coefficient (Wildman–Crippen LogP) is 3.52. The van der Waals surface area contributed by atoms with Crippen LogP contribution < -0.4 is 0 Å². The first-order valence-corrected chi connectivity index (χ1v) is 6.86. The summed E-state index contributed by atoms with van der Waals surface area (Å²) in [5, 5.41) is 0.625. The van der Waals surface area contributed by atoms with Crippen molar-refractivity contribution in [1.82, 2.24) is 0 Å². The fourth-order valence-electron chi connectivity index (χ4n) is 0.299. The molecule has 12 heavy (non-hydrogen) atoms. The minimum Gasteiger partial charge on any atom is -0.133 e. The van der Waals surface area contributed by atoms with Gasteiger partial charge in [-0.15, -0.1) is 4.89 Å². The number of halogens is 3. The van der Waals surface area contributed by atoms with E-state index in [2.05, 4.69) is 47.8 Å². The zero-order chi connectivity index (χ0) is 9.99. The Labute approximate surface area is 97.6 Å². The highest BCUT2D eigenvalue weighted by Gasteiger charge is 2.48. The minimum atomic E-state index is -2.62. The van der Waals surface area contributed by atoms with Crippen molar-refractivity contribution in [2.24, 2.45) is 5.41 Å². The molecule has 0 aliphatic rings. The van der Waals surface area contributed by atoms with Gasteiger partial charge in [0.1, 0.15) is 0 Å². The van der Waals surface area contributed by atoms with Gasteiger partial charge < -0.3 is 0 Å². The Morgan fingerprint density at radius 3 is 2.17 bits per heavy atom. The van der Waals surface area contributed by atoms with Gasteiger partial charge in [0.15, 0.2) is 0 Å². The van der Waals surface area contributed by atoms with Gasteiger partial charge in [0, 0.05) is 15.3 Å². The second-order valence-corrected chi connectivity index (χ2v) is 7.38. The molecule has 0 rings (SSSR count). The third kappa shape index (κ3) is 3.68. The smallest absolute Gasteiger partial charge is 0.133 e. The van der Waals surface area contributed by atoms with Gasteiger partial charge >= 0.3 is 8.25 Å². The lowest BCUT2D eigenvalue weighted by molar-refractivity contribution is 0.144. The topological polar surface area (TPSA) is 46.5 Å². The molecule has 0 aliphatic heterocycles. The molecule has 0 radical (unpaired) electrons. The molecule has 0 saturated carbocycles. The van der Waals surface area contributed by atoms with E-state index in [4.69, 9.17) is 9.42 Å². The molecule has 0 aliphatic carbocycles. The van der Waals surface area contributed by atoms with Gasteiger partial charge in [0.25, 0.3) is 0 Å². The van der Waals surface area contributed by atoms with Gasteiger partial charge in [0.05, 0.1) is 0 Å². The average molecular weight is 388 g/mol. The molecule has 0 amide bonds. The zero-order valence-electron chi connectivity index (χ0n) is 6.55. The summed E-state index contributed by atoms with van der Waals surface area (Å²) in [4.78, 5) is 8.56. The summed E-state index contributed by atoms with van der Waals surface area (Å²) in [5.41, 5.74) is -0.347. The lowest BCUT2D eigenvalue weighted by atomic mass is 9.98. The molecule has 0 bridgehead atoms. The van der Waals surface area contributed by atoms with Crippen LogP contribution in [0.1, 0.15) is 13.8 Å². The Morgan fingerprint density at radius 1 is 1.50 bits per heavy atom. The zero-order valence-corrected chi connectivity index (χ0v) is 12.2. The molecule has 1 unspecified atom stereocenters. The van der Waals surface area contributed by atoms with Crippen LogP contribution in [-0.4, -0.2) is 13.6 Å². The molecule has 1 N–H and O–H groups in total. The number of hydrogen-bond acceptors (Lipinski definition) is 2. The van der Waals surface area contributed by atoms with E-state index in [1.54, 1.807) is 0 Å². The van der Waals surface area contributed by atoms with E-state index < -0.39 is 11.7 Å². The van der Waals surface area contributed by atoms with E-state index in [0.717, 1.165) is 0 Å². The van der Waals surface area contributed by atoms with Crippen molar-refractivity contribution in [3.05, 3.63) is 0 Å². The van der Waals surface area contributed by atoms with Crippen molar-refractivity contribution < 1.29 is 14.0 Å². The Bertz CT molecular complexity index is 183.